The van der Waals surface area contributed by atoms with Crippen LogP contribution in [0.25, 0.3) is 0 Å². The Bertz CT molecular complexity index is 717. The van der Waals surface area contributed by atoms with E-state index in [0.29, 0.717) is 24.2 Å². The third-order valence-electron chi connectivity index (χ3n) is 3.47. The third kappa shape index (κ3) is 5.71. The zero-order chi connectivity index (χ0) is 19.0. The fourth-order valence-corrected chi connectivity index (χ4v) is 3.74. The van der Waals surface area contributed by atoms with Crippen molar-refractivity contribution in [2.75, 3.05) is 20.2 Å². The Kier molecular flexibility index (Phi) is 7.85. The van der Waals surface area contributed by atoms with Crippen LogP contribution in [-0.2, 0) is 26.2 Å². The molecule has 140 valence electrons. The number of benzene rings is 1. The molecule has 8 nitrogen and oxygen atoms in total. The number of amides is 1. The monoisotopic (exact) mass is 372 g/mol. The highest BCUT2D eigenvalue weighted by Crippen LogP contribution is 2.24. The lowest BCUT2D eigenvalue weighted by molar-refractivity contribution is -0.137. The average molecular weight is 372 g/mol. The minimum absolute atomic E-state index is 0.0382. The maximum Gasteiger partial charge on any atom is 0.318 e. The molecule has 0 radical (unpaired) electrons. The Morgan fingerprint density at radius 3 is 2.48 bits per heavy atom. The second-order valence-electron chi connectivity index (χ2n) is 5.34. The van der Waals surface area contributed by atoms with E-state index in [1.807, 2.05) is 0 Å². The van der Waals surface area contributed by atoms with E-state index in [-0.39, 0.29) is 23.9 Å². The zero-order valence-electron chi connectivity index (χ0n) is 14.6. The Balaban J connectivity index is 3.21. The number of nitrogens with one attached hydrogen (secondary N) is 1. The molecule has 0 aromatic heterocycles. The number of hydrogen-bond donors (Lipinski definition) is 2. The summed E-state index contributed by atoms with van der Waals surface area (Å²) < 4.78 is 31.6. The van der Waals surface area contributed by atoms with Gasteiger partial charge < -0.3 is 15.2 Å². The van der Waals surface area contributed by atoms with Crippen LogP contribution in [-0.4, -0.2) is 49.9 Å². The van der Waals surface area contributed by atoms with Crippen molar-refractivity contribution in [1.82, 2.24) is 9.62 Å². The van der Waals surface area contributed by atoms with Gasteiger partial charge in [-0.2, -0.15) is 4.31 Å². The van der Waals surface area contributed by atoms with Gasteiger partial charge in [0.25, 0.3) is 0 Å². The molecule has 1 rings (SSSR count). The van der Waals surface area contributed by atoms with Gasteiger partial charge in [-0.15, -0.1) is 0 Å². The summed E-state index contributed by atoms with van der Waals surface area (Å²) in [4.78, 5) is 22.4. The highest BCUT2D eigenvalue weighted by molar-refractivity contribution is 7.89. The summed E-state index contributed by atoms with van der Waals surface area (Å²) in [5.41, 5.74) is 0.497. The van der Waals surface area contributed by atoms with Crippen LogP contribution >= 0.6 is 0 Å². The van der Waals surface area contributed by atoms with Crippen molar-refractivity contribution in [3.05, 3.63) is 23.8 Å². The summed E-state index contributed by atoms with van der Waals surface area (Å²) in [5, 5.41) is 11.6. The standard InChI is InChI=1S/C16H24N2O6S/c1-4-8-18(11-16(20)21)25(22,23)13-6-7-14(24-3)12(9-13)10-17-15(19)5-2/h6-7,9H,4-5,8,10-11H2,1-3H3,(H,17,19)(H,20,21). The summed E-state index contributed by atoms with van der Waals surface area (Å²) in [7, 11) is -2.52. The van der Waals surface area contributed by atoms with Gasteiger partial charge in [0.2, 0.25) is 15.9 Å². The highest BCUT2D eigenvalue weighted by atomic mass is 32.2. The first-order valence-corrected chi connectivity index (χ1v) is 9.35. The molecule has 0 aliphatic carbocycles. The molecule has 1 aromatic rings. The summed E-state index contributed by atoms with van der Waals surface area (Å²) in [6.45, 7) is 3.09. The van der Waals surface area contributed by atoms with Crippen LogP contribution in [0, 0.1) is 0 Å². The van der Waals surface area contributed by atoms with Gasteiger partial charge >= 0.3 is 5.97 Å². The zero-order valence-corrected chi connectivity index (χ0v) is 15.4. The molecule has 0 fully saturated rings. The summed E-state index contributed by atoms with van der Waals surface area (Å²) in [6.07, 6.45) is 0.797. The molecule has 9 heteroatoms. The quantitative estimate of drug-likeness (QED) is 0.638. The Hall–Kier alpha value is -2.13. The van der Waals surface area contributed by atoms with E-state index >= 15 is 0 Å². The first kappa shape index (κ1) is 20.9. The topological polar surface area (TPSA) is 113 Å². The van der Waals surface area contributed by atoms with Gasteiger partial charge in [-0.1, -0.05) is 13.8 Å². The first-order valence-electron chi connectivity index (χ1n) is 7.91. The fourth-order valence-electron chi connectivity index (χ4n) is 2.21. The molecular weight excluding hydrogens is 348 g/mol. The second kappa shape index (κ2) is 9.38. The van der Waals surface area contributed by atoms with Crippen molar-refractivity contribution in [1.29, 1.82) is 0 Å². The van der Waals surface area contributed by atoms with E-state index in [1.165, 1.54) is 25.3 Å². The van der Waals surface area contributed by atoms with E-state index in [4.69, 9.17) is 9.84 Å². The van der Waals surface area contributed by atoms with E-state index in [0.717, 1.165) is 4.31 Å². The number of ether oxygens (including phenoxy) is 1. The van der Waals surface area contributed by atoms with Crippen molar-refractivity contribution >= 4 is 21.9 Å². The van der Waals surface area contributed by atoms with Gasteiger partial charge in [-0.25, -0.2) is 8.42 Å². The van der Waals surface area contributed by atoms with Crippen LogP contribution in [0.3, 0.4) is 0 Å². The number of aliphatic carboxylic acids is 1. The third-order valence-corrected chi connectivity index (χ3v) is 5.31. The molecule has 0 heterocycles. The number of hydrogen-bond acceptors (Lipinski definition) is 5. The van der Waals surface area contributed by atoms with E-state index in [2.05, 4.69) is 5.32 Å². The molecule has 0 aliphatic heterocycles. The number of nitrogens with zero attached hydrogens (tertiary/aromatic N) is 1. The van der Waals surface area contributed by atoms with Gasteiger partial charge in [0.1, 0.15) is 12.3 Å². The molecule has 1 amide bonds. The van der Waals surface area contributed by atoms with E-state index < -0.39 is 22.5 Å². The predicted molar refractivity (Wildman–Crippen MR) is 91.8 cm³/mol. The first-order chi connectivity index (χ1) is 11.8. The molecule has 0 bridgehead atoms. The lowest BCUT2D eigenvalue weighted by atomic mass is 10.2. The molecule has 0 saturated carbocycles. The largest absolute Gasteiger partial charge is 0.496 e. The van der Waals surface area contributed by atoms with E-state index in [9.17, 15) is 18.0 Å². The molecule has 0 unspecified atom stereocenters. The minimum Gasteiger partial charge on any atom is -0.496 e. The number of rotatable bonds is 10. The van der Waals surface area contributed by atoms with Crippen LogP contribution in [0.1, 0.15) is 32.3 Å². The van der Waals surface area contributed by atoms with E-state index in [1.54, 1.807) is 13.8 Å². The molecule has 0 spiro atoms. The Labute approximate surface area is 147 Å². The van der Waals surface area contributed by atoms with Gasteiger partial charge in [-0.3, -0.25) is 9.59 Å². The number of carboxylic acid groups (broad SMARTS) is 1. The maximum absolute atomic E-state index is 12.7. The number of carboxylic acids is 1. The number of carbonyl (C=O) groups is 2. The summed E-state index contributed by atoms with van der Waals surface area (Å²) >= 11 is 0. The van der Waals surface area contributed by atoms with Crippen molar-refractivity contribution in [3.63, 3.8) is 0 Å². The maximum atomic E-state index is 12.7. The number of methoxy groups -OCH3 is 1. The van der Waals surface area contributed by atoms with Crippen LogP contribution in [0.2, 0.25) is 0 Å². The normalized spacial score (nSPS) is 11.4. The molecule has 25 heavy (non-hydrogen) atoms. The number of sulfonamides is 1. The number of carbonyl (C=O) groups excluding carboxylic acids is 1. The van der Waals surface area contributed by atoms with Crippen LogP contribution in [0.5, 0.6) is 5.75 Å². The van der Waals surface area contributed by atoms with Crippen molar-refractivity contribution in [3.8, 4) is 5.75 Å². The lowest BCUT2D eigenvalue weighted by Crippen LogP contribution is -2.36. The lowest BCUT2D eigenvalue weighted by Gasteiger charge is -2.20. The SMILES string of the molecule is CCCN(CC(=O)O)S(=O)(=O)c1ccc(OC)c(CNC(=O)CC)c1. The minimum atomic E-state index is -3.97. The van der Waals surface area contributed by atoms with Crippen LogP contribution in [0.15, 0.2) is 23.1 Å². The van der Waals surface area contributed by atoms with Crippen LogP contribution in [0.4, 0.5) is 0 Å². The van der Waals surface area contributed by atoms with Crippen molar-refractivity contribution < 1.29 is 27.9 Å². The molecule has 0 atom stereocenters. The molecular formula is C16H24N2O6S. The second-order valence-corrected chi connectivity index (χ2v) is 7.27. The van der Waals surface area contributed by atoms with Crippen molar-refractivity contribution in [2.24, 2.45) is 0 Å². The highest BCUT2D eigenvalue weighted by Gasteiger charge is 2.26. The smallest absolute Gasteiger partial charge is 0.318 e. The summed E-state index contributed by atoms with van der Waals surface area (Å²) in [6, 6.07) is 4.25. The molecule has 0 aliphatic rings. The van der Waals surface area contributed by atoms with Gasteiger partial charge in [0.05, 0.1) is 12.0 Å². The van der Waals surface area contributed by atoms with Crippen molar-refractivity contribution in [2.45, 2.75) is 38.1 Å². The Morgan fingerprint density at radius 1 is 1.28 bits per heavy atom. The Morgan fingerprint density at radius 2 is 1.96 bits per heavy atom. The molecule has 0 saturated heterocycles. The van der Waals surface area contributed by atoms with Gasteiger partial charge in [-0.05, 0) is 24.6 Å². The fraction of sp³-hybridized carbons (Fsp3) is 0.500. The summed E-state index contributed by atoms with van der Waals surface area (Å²) in [5.74, 6) is -0.953. The predicted octanol–water partition coefficient (Wildman–Crippen LogP) is 1.21. The van der Waals surface area contributed by atoms with Crippen LogP contribution < -0.4 is 10.1 Å². The molecule has 2 N–H and O–H groups in total. The van der Waals surface area contributed by atoms with Gasteiger partial charge in [0.15, 0.2) is 0 Å². The van der Waals surface area contributed by atoms with Gasteiger partial charge in [0, 0.05) is 25.1 Å². The average Bonchev–Trinajstić information content (AvgIpc) is 2.58. The molecule has 1 aromatic carbocycles.